The van der Waals surface area contributed by atoms with Crippen molar-refractivity contribution in [2.75, 3.05) is 50.5 Å². The molecule has 1 N–H and O–H groups in total. The molecular formula is C22H24ClN3O2S. The van der Waals surface area contributed by atoms with E-state index in [9.17, 15) is 8.42 Å². The number of hydrogen-bond donors (Lipinski definition) is 1. The third kappa shape index (κ3) is 3.68. The van der Waals surface area contributed by atoms with E-state index in [1.165, 1.54) is 6.07 Å². The molecule has 0 radical (unpaired) electrons. The molecule has 1 fully saturated rings. The van der Waals surface area contributed by atoms with Crippen molar-refractivity contribution in [2.45, 2.75) is 9.79 Å². The van der Waals surface area contributed by atoms with Crippen LogP contribution >= 0.6 is 11.6 Å². The molecule has 0 bridgehead atoms. The fraction of sp³-hybridized carbons (Fsp3) is 0.273. The van der Waals surface area contributed by atoms with E-state index < -0.39 is 9.84 Å². The molecule has 4 rings (SSSR count). The predicted octanol–water partition coefficient (Wildman–Crippen LogP) is 4.12. The van der Waals surface area contributed by atoms with Crippen LogP contribution in [-0.2, 0) is 9.84 Å². The van der Waals surface area contributed by atoms with Crippen molar-refractivity contribution in [2.24, 2.45) is 0 Å². The SMILES string of the molecule is CNc1c(S(=O)(=O)c2cccc(Cl)c2)ccc2c(N3CCN(C)CC3)cccc12. The second-order valence-electron chi connectivity index (χ2n) is 7.31. The van der Waals surface area contributed by atoms with Crippen molar-refractivity contribution >= 4 is 43.6 Å². The molecule has 3 aromatic rings. The molecule has 152 valence electrons. The minimum absolute atomic E-state index is 0.191. The molecule has 1 aliphatic heterocycles. The minimum atomic E-state index is -3.71. The highest BCUT2D eigenvalue weighted by atomic mass is 35.5. The van der Waals surface area contributed by atoms with E-state index in [0.29, 0.717) is 10.7 Å². The van der Waals surface area contributed by atoms with E-state index in [2.05, 4.69) is 28.2 Å². The van der Waals surface area contributed by atoms with Gasteiger partial charge in [-0.3, -0.25) is 0 Å². The van der Waals surface area contributed by atoms with E-state index in [1.54, 1.807) is 31.3 Å². The van der Waals surface area contributed by atoms with Crippen molar-refractivity contribution in [3.05, 3.63) is 59.6 Å². The van der Waals surface area contributed by atoms with Gasteiger partial charge in [0.2, 0.25) is 9.84 Å². The predicted molar refractivity (Wildman–Crippen MR) is 120 cm³/mol. The molecule has 5 nitrogen and oxygen atoms in total. The van der Waals surface area contributed by atoms with Crippen LogP contribution < -0.4 is 10.2 Å². The zero-order valence-electron chi connectivity index (χ0n) is 16.5. The largest absolute Gasteiger partial charge is 0.387 e. The van der Waals surface area contributed by atoms with Gasteiger partial charge in [-0.15, -0.1) is 0 Å². The Bertz CT molecular complexity index is 1160. The molecule has 1 saturated heterocycles. The maximum atomic E-state index is 13.3. The molecular weight excluding hydrogens is 406 g/mol. The number of halogens is 1. The fourth-order valence-electron chi connectivity index (χ4n) is 3.89. The quantitative estimate of drug-likeness (QED) is 0.676. The van der Waals surface area contributed by atoms with Gasteiger partial charge in [0.05, 0.1) is 15.5 Å². The Morgan fingerprint density at radius 1 is 0.931 bits per heavy atom. The van der Waals surface area contributed by atoms with Crippen molar-refractivity contribution in [3.8, 4) is 0 Å². The summed E-state index contributed by atoms with van der Waals surface area (Å²) in [5, 5.41) is 5.47. The summed E-state index contributed by atoms with van der Waals surface area (Å²) in [6, 6.07) is 16.1. The number of nitrogens with one attached hydrogen (secondary N) is 1. The van der Waals surface area contributed by atoms with Gasteiger partial charge in [-0.2, -0.15) is 0 Å². The molecule has 0 amide bonds. The van der Waals surface area contributed by atoms with Gasteiger partial charge in [-0.25, -0.2) is 8.42 Å². The van der Waals surface area contributed by atoms with Gasteiger partial charge in [0.25, 0.3) is 0 Å². The average Bonchev–Trinajstić information content (AvgIpc) is 2.73. The number of anilines is 2. The monoisotopic (exact) mass is 429 g/mol. The molecule has 0 aliphatic carbocycles. The van der Waals surface area contributed by atoms with E-state index >= 15 is 0 Å². The first-order valence-electron chi connectivity index (χ1n) is 9.59. The second-order valence-corrected chi connectivity index (χ2v) is 9.67. The van der Waals surface area contributed by atoms with Gasteiger partial charge < -0.3 is 15.1 Å². The molecule has 0 atom stereocenters. The zero-order chi connectivity index (χ0) is 20.6. The van der Waals surface area contributed by atoms with Gasteiger partial charge in [0, 0.05) is 54.7 Å². The molecule has 1 heterocycles. The minimum Gasteiger partial charge on any atom is -0.387 e. The van der Waals surface area contributed by atoms with E-state index in [0.717, 1.165) is 42.6 Å². The lowest BCUT2D eigenvalue weighted by atomic mass is 10.1. The summed E-state index contributed by atoms with van der Waals surface area (Å²) in [6.07, 6.45) is 0. The first-order chi connectivity index (χ1) is 13.9. The summed E-state index contributed by atoms with van der Waals surface area (Å²) < 4.78 is 26.6. The summed E-state index contributed by atoms with van der Waals surface area (Å²) in [6.45, 7) is 3.92. The first-order valence-corrected chi connectivity index (χ1v) is 11.5. The van der Waals surface area contributed by atoms with Crippen molar-refractivity contribution in [3.63, 3.8) is 0 Å². The van der Waals surface area contributed by atoms with Gasteiger partial charge in [-0.1, -0.05) is 35.9 Å². The Morgan fingerprint density at radius 3 is 2.34 bits per heavy atom. The van der Waals surface area contributed by atoms with Crippen molar-refractivity contribution in [1.29, 1.82) is 0 Å². The molecule has 3 aromatic carbocycles. The Hall–Kier alpha value is -2.28. The standard InChI is InChI=1S/C22H24ClN3O2S/c1-24-22-19-7-4-8-20(26-13-11-25(2)12-14-26)18(19)9-10-21(22)29(27,28)17-6-3-5-16(23)15-17/h3-10,15,24H,11-14H2,1-2H3. The molecule has 0 aromatic heterocycles. The molecule has 0 saturated carbocycles. The maximum absolute atomic E-state index is 13.3. The number of rotatable bonds is 4. The number of sulfone groups is 1. The summed E-state index contributed by atoms with van der Waals surface area (Å²) in [5.74, 6) is 0. The number of hydrogen-bond acceptors (Lipinski definition) is 5. The van der Waals surface area contributed by atoms with Gasteiger partial charge in [0.1, 0.15) is 0 Å². The van der Waals surface area contributed by atoms with Crippen LogP contribution in [0.2, 0.25) is 5.02 Å². The molecule has 29 heavy (non-hydrogen) atoms. The van der Waals surface area contributed by atoms with Gasteiger partial charge in [-0.05, 0) is 37.4 Å². The first kappa shape index (κ1) is 20.0. The molecule has 0 unspecified atom stereocenters. The summed E-state index contributed by atoms with van der Waals surface area (Å²) in [5.41, 5.74) is 1.75. The number of piperazine rings is 1. The zero-order valence-corrected chi connectivity index (χ0v) is 18.1. The number of nitrogens with zero attached hydrogens (tertiary/aromatic N) is 2. The van der Waals surface area contributed by atoms with E-state index in [-0.39, 0.29) is 9.79 Å². The summed E-state index contributed by atoms with van der Waals surface area (Å²) >= 11 is 6.04. The van der Waals surface area contributed by atoms with Crippen LogP contribution in [0.1, 0.15) is 0 Å². The molecule has 7 heteroatoms. The van der Waals surface area contributed by atoms with Crippen LogP contribution in [-0.4, -0.2) is 53.6 Å². The van der Waals surface area contributed by atoms with Crippen LogP contribution in [0.4, 0.5) is 11.4 Å². The molecule has 1 aliphatic rings. The Balaban J connectivity index is 1.86. The lowest BCUT2D eigenvalue weighted by Crippen LogP contribution is -2.44. The van der Waals surface area contributed by atoms with Gasteiger partial charge in [0.15, 0.2) is 0 Å². The Labute approximate surface area is 176 Å². The third-order valence-electron chi connectivity index (χ3n) is 5.49. The summed E-state index contributed by atoms with van der Waals surface area (Å²) in [7, 11) is 0.182. The van der Waals surface area contributed by atoms with E-state index in [1.807, 2.05) is 18.2 Å². The summed E-state index contributed by atoms with van der Waals surface area (Å²) in [4.78, 5) is 5.13. The highest BCUT2D eigenvalue weighted by Gasteiger charge is 2.24. The lowest BCUT2D eigenvalue weighted by molar-refractivity contribution is 0.313. The highest BCUT2D eigenvalue weighted by molar-refractivity contribution is 7.91. The molecule has 0 spiro atoms. The van der Waals surface area contributed by atoms with Crippen LogP contribution in [0.15, 0.2) is 64.4 Å². The van der Waals surface area contributed by atoms with E-state index in [4.69, 9.17) is 11.6 Å². The Morgan fingerprint density at radius 2 is 1.66 bits per heavy atom. The number of fused-ring (bicyclic) bond motifs is 1. The Kier molecular flexibility index (Phi) is 5.42. The number of likely N-dealkylation sites (N-methyl/N-ethyl adjacent to an activating group) is 1. The van der Waals surface area contributed by atoms with Crippen LogP contribution in [0, 0.1) is 0 Å². The smallest absolute Gasteiger partial charge is 0.208 e. The fourth-order valence-corrected chi connectivity index (χ4v) is 5.66. The third-order valence-corrected chi connectivity index (χ3v) is 7.52. The van der Waals surface area contributed by atoms with Crippen molar-refractivity contribution < 1.29 is 8.42 Å². The topological polar surface area (TPSA) is 52.7 Å². The van der Waals surface area contributed by atoms with Crippen LogP contribution in [0.3, 0.4) is 0 Å². The van der Waals surface area contributed by atoms with Crippen LogP contribution in [0.5, 0.6) is 0 Å². The van der Waals surface area contributed by atoms with Crippen LogP contribution in [0.25, 0.3) is 10.8 Å². The second kappa shape index (κ2) is 7.86. The average molecular weight is 430 g/mol. The van der Waals surface area contributed by atoms with Crippen molar-refractivity contribution in [1.82, 2.24) is 4.90 Å². The van der Waals surface area contributed by atoms with Gasteiger partial charge >= 0.3 is 0 Å². The number of benzene rings is 3. The maximum Gasteiger partial charge on any atom is 0.208 e. The normalized spacial score (nSPS) is 15.6. The lowest BCUT2D eigenvalue weighted by Gasteiger charge is -2.34. The highest BCUT2D eigenvalue weighted by Crippen LogP contribution is 2.38.